The Kier molecular flexibility index (Phi) is 5.81. The van der Waals surface area contributed by atoms with Crippen molar-refractivity contribution in [2.45, 2.75) is 40.0 Å². The summed E-state index contributed by atoms with van der Waals surface area (Å²) in [4.78, 5) is 17.0. The van der Waals surface area contributed by atoms with Gasteiger partial charge in [0, 0.05) is 51.6 Å². The van der Waals surface area contributed by atoms with Crippen molar-refractivity contribution in [3.8, 4) is 0 Å². The normalized spacial score (nSPS) is 29.8. The van der Waals surface area contributed by atoms with E-state index < -0.39 is 0 Å². The average molecular weight is 296 g/mol. The Hall–Kier alpha value is -0.450. The molecule has 0 amide bonds. The zero-order chi connectivity index (χ0) is 15.5. The molecule has 0 aromatic carbocycles. The molecule has 0 aromatic rings. The third-order valence-electron chi connectivity index (χ3n) is 5.35. The second-order valence-electron chi connectivity index (χ2n) is 7.87. The third-order valence-corrected chi connectivity index (χ3v) is 5.35. The van der Waals surface area contributed by atoms with Crippen molar-refractivity contribution in [2.24, 2.45) is 17.3 Å². The van der Waals surface area contributed by atoms with Gasteiger partial charge in [0.25, 0.3) is 0 Å². The summed E-state index contributed by atoms with van der Waals surface area (Å²) in [6.45, 7) is 13.0. The first-order chi connectivity index (χ1) is 9.90. The van der Waals surface area contributed by atoms with Crippen LogP contribution in [0, 0.1) is 17.3 Å². The molecule has 1 saturated heterocycles. The number of carbonyl (C=O) groups is 1. The number of piperazine rings is 1. The number of carbonyl (C=O) groups excluding carboxylic acids is 1. The average Bonchev–Trinajstić information content (AvgIpc) is 2.42. The molecule has 0 spiro atoms. The van der Waals surface area contributed by atoms with Crippen molar-refractivity contribution < 1.29 is 9.90 Å². The minimum Gasteiger partial charge on any atom is -0.395 e. The molecule has 2 fully saturated rings. The smallest absolute Gasteiger partial charge is 0.137 e. The van der Waals surface area contributed by atoms with Crippen LogP contribution in [0.15, 0.2) is 0 Å². The lowest BCUT2D eigenvalue weighted by Crippen LogP contribution is -2.49. The standard InChI is InChI=1S/C17H32N2O2/c1-17(2,3)15-4-5-16(21)14(12-15)13-19-8-6-18(7-9-19)10-11-20/h14-15,20H,4-13H2,1-3H3. The Bertz CT molecular complexity index is 343. The fourth-order valence-corrected chi connectivity index (χ4v) is 3.72. The zero-order valence-corrected chi connectivity index (χ0v) is 14.0. The highest BCUT2D eigenvalue weighted by atomic mass is 16.3. The molecule has 21 heavy (non-hydrogen) atoms. The lowest BCUT2D eigenvalue weighted by molar-refractivity contribution is -0.127. The van der Waals surface area contributed by atoms with Gasteiger partial charge in [-0.25, -0.2) is 0 Å². The summed E-state index contributed by atoms with van der Waals surface area (Å²) in [5.74, 6) is 1.40. The Morgan fingerprint density at radius 2 is 1.76 bits per heavy atom. The monoisotopic (exact) mass is 296 g/mol. The molecule has 122 valence electrons. The lowest BCUT2D eigenvalue weighted by Gasteiger charge is -2.40. The highest BCUT2D eigenvalue weighted by Gasteiger charge is 2.35. The van der Waals surface area contributed by atoms with Gasteiger partial charge in [0.05, 0.1) is 6.61 Å². The summed E-state index contributed by atoms with van der Waals surface area (Å²) in [6, 6.07) is 0. The summed E-state index contributed by atoms with van der Waals surface area (Å²) in [5.41, 5.74) is 0.318. The van der Waals surface area contributed by atoms with Gasteiger partial charge in [-0.15, -0.1) is 0 Å². The molecule has 4 heteroatoms. The van der Waals surface area contributed by atoms with Crippen LogP contribution in [0.4, 0.5) is 0 Å². The number of ketones is 1. The van der Waals surface area contributed by atoms with Crippen LogP contribution in [0.5, 0.6) is 0 Å². The van der Waals surface area contributed by atoms with Crippen molar-refractivity contribution in [1.82, 2.24) is 9.80 Å². The first-order valence-corrected chi connectivity index (χ1v) is 8.48. The first kappa shape index (κ1) is 16.9. The third kappa shape index (κ3) is 4.76. The number of hydrogen-bond acceptors (Lipinski definition) is 4. The van der Waals surface area contributed by atoms with E-state index in [2.05, 4.69) is 30.6 Å². The maximum atomic E-state index is 12.2. The van der Waals surface area contributed by atoms with E-state index in [1.54, 1.807) is 0 Å². The number of nitrogens with zero attached hydrogens (tertiary/aromatic N) is 2. The topological polar surface area (TPSA) is 43.8 Å². The molecule has 0 radical (unpaired) electrons. The molecular weight excluding hydrogens is 264 g/mol. The van der Waals surface area contributed by atoms with E-state index in [4.69, 9.17) is 5.11 Å². The number of rotatable bonds is 4. The van der Waals surface area contributed by atoms with E-state index in [0.717, 1.165) is 58.5 Å². The van der Waals surface area contributed by atoms with Crippen molar-refractivity contribution in [1.29, 1.82) is 0 Å². The summed E-state index contributed by atoms with van der Waals surface area (Å²) < 4.78 is 0. The summed E-state index contributed by atoms with van der Waals surface area (Å²) in [5, 5.41) is 8.99. The van der Waals surface area contributed by atoms with E-state index in [1.165, 1.54) is 0 Å². The minimum absolute atomic E-state index is 0.243. The maximum absolute atomic E-state index is 12.2. The first-order valence-electron chi connectivity index (χ1n) is 8.48. The van der Waals surface area contributed by atoms with Gasteiger partial charge < -0.3 is 10.0 Å². The largest absolute Gasteiger partial charge is 0.395 e. The van der Waals surface area contributed by atoms with Gasteiger partial charge in [0.15, 0.2) is 0 Å². The lowest BCUT2D eigenvalue weighted by atomic mass is 9.68. The number of hydrogen-bond donors (Lipinski definition) is 1. The number of aliphatic hydroxyl groups is 1. The van der Waals surface area contributed by atoms with Crippen molar-refractivity contribution >= 4 is 5.78 Å². The second-order valence-corrected chi connectivity index (χ2v) is 7.87. The number of aliphatic hydroxyl groups excluding tert-OH is 1. The van der Waals surface area contributed by atoms with E-state index in [-0.39, 0.29) is 12.5 Å². The van der Waals surface area contributed by atoms with E-state index in [9.17, 15) is 4.79 Å². The molecule has 2 atom stereocenters. The fourth-order valence-electron chi connectivity index (χ4n) is 3.72. The molecule has 1 aliphatic carbocycles. The van der Waals surface area contributed by atoms with Crippen LogP contribution in [-0.2, 0) is 4.79 Å². The molecule has 1 heterocycles. The highest BCUT2D eigenvalue weighted by Crippen LogP contribution is 2.39. The molecule has 4 nitrogen and oxygen atoms in total. The Labute approximate surface area is 129 Å². The van der Waals surface area contributed by atoms with E-state index in [1.807, 2.05) is 0 Å². The van der Waals surface area contributed by atoms with Gasteiger partial charge in [-0.1, -0.05) is 20.8 Å². The highest BCUT2D eigenvalue weighted by molar-refractivity contribution is 5.82. The fraction of sp³-hybridized carbons (Fsp3) is 0.941. The van der Waals surface area contributed by atoms with Gasteiger partial charge in [-0.3, -0.25) is 9.69 Å². The molecule has 0 aromatic heterocycles. The van der Waals surface area contributed by atoms with Gasteiger partial charge in [-0.2, -0.15) is 0 Å². The second kappa shape index (κ2) is 7.21. The minimum atomic E-state index is 0.243. The van der Waals surface area contributed by atoms with Gasteiger partial charge in [0.2, 0.25) is 0 Å². The predicted octanol–water partition coefficient (Wildman–Crippen LogP) is 1.63. The van der Waals surface area contributed by atoms with Crippen LogP contribution in [0.2, 0.25) is 0 Å². The Balaban J connectivity index is 1.83. The van der Waals surface area contributed by atoms with Crippen LogP contribution in [0.1, 0.15) is 40.0 Å². The summed E-state index contributed by atoms with van der Waals surface area (Å²) in [6.07, 6.45) is 2.92. The van der Waals surface area contributed by atoms with Gasteiger partial charge in [-0.05, 0) is 24.2 Å². The molecule has 2 rings (SSSR count). The SMILES string of the molecule is CC(C)(C)C1CCC(=O)C(CN2CCN(CCO)CC2)C1. The molecule has 1 aliphatic heterocycles. The number of β-amino-alcohol motifs (C(OH)–C–C–N with tert-alkyl or cyclic N) is 1. The Morgan fingerprint density at radius 3 is 2.33 bits per heavy atom. The van der Waals surface area contributed by atoms with Crippen LogP contribution in [0.3, 0.4) is 0 Å². The quantitative estimate of drug-likeness (QED) is 0.856. The molecule has 2 aliphatic rings. The summed E-state index contributed by atoms with van der Waals surface area (Å²) >= 11 is 0. The van der Waals surface area contributed by atoms with Crippen LogP contribution < -0.4 is 0 Å². The van der Waals surface area contributed by atoms with Crippen molar-refractivity contribution in [3.05, 3.63) is 0 Å². The predicted molar refractivity (Wildman–Crippen MR) is 85.3 cm³/mol. The van der Waals surface area contributed by atoms with Crippen LogP contribution >= 0.6 is 0 Å². The zero-order valence-electron chi connectivity index (χ0n) is 14.0. The van der Waals surface area contributed by atoms with Gasteiger partial charge in [0.1, 0.15) is 5.78 Å². The maximum Gasteiger partial charge on any atom is 0.137 e. The van der Waals surface area contributed by atoms with Crippen molar-refractivity contribution in [3.63, 3.8) is 0 Å². The van der Waals surface area contributed by atoms with Crippen LogP contribution in [0.25, 0.3) is 0 Å². The summed E-state index contributed by atoms with van der Waals surface area (Å²) in [7, 11) is 0. The van der Waals surface area contributed by atoms with E-state index in [0.29, 0.717) is 17.1 Å². The molecule has 0 bridgehead atoms. The molecular formula is C17H32N2O2. The Morgan fingerprint density at radius 1 is 1.14 bits per heavy atom. The molecule has 1 N–H and O–H groups in total. The number of Topliss-reactive ketones (excluding diaryl/α,β-unsaturated/α-hetero) is 1. The van der Waals surface area contributed by atoms with Gasteiger partial charge >= 0.3 is 0 Å². The molecule has 2 unspecified atom stereocenters. The van der Waals surface area contributed by atoms with Crippen LogP contribution in [-0.4, -0.2) is 66.6 Å². The molecule has 1 saturated carbocycles. The van der Waals surface area contributed by atoms with E-state index >= 15 is 0 Å². The van der Waals surface area contributed by atoms with Crippen molar-refractivity contribution in [2.75, 3.05) is 45.9 Å².